The lowest BCUT2D eigenvalue weighted by molar-refractivity contribution is 0.934. The second kappa shape index (κ2) is 7.80. The summed E-state index contributed by atoms with van der Waals surface area (Å²) in [5.74, 6) is 1.13. The zero-order valence-electron chi connectivity index (χ0n) is 14.7. The Morgan fingerprint density at radius 2 is 1.96 bits per heavy atom. The number of thiol groups is 1. The molecular formula is C21H22BrN3S. The van der Waals surface area contributed by atoms with Gasteiger partial charge in [-0.1, -0.05) is 53.2 Å². The molecule has 1 N–H and O–H groups in total. The van der Waals surface area contributed by atoms with Gasteiger partial charge in [-0.3, -0.25) is 0 Å². The molecule has 0 aliphatic carbocycles. The molecular weight excluding hydrogens is 406 g/mol. The van der Waals surface area contributed by atoms with E-state index in [-0.39, 0.29) is 0 Å². The van der Waals surface area contributed by atoms with Crippen molar-refractivity contribution >= 4 is 48.3 Å². The summed E-state index contributed by atoms with van der Waals surface area (Å²) >= 11 is 3.59. The lowest BCUT2D eigenvalue weighted by Gasteiger charge is -2.15. The molecule has 5 heteroatoms. The number of nitrogens with zero attached hydrogens (tertiary/aromatic N) is 2. The van der Waals surface area contributed by atoms with Crippen LogP contribution in [0.15, 0.2) is 63.2 Å². The first kappa shape index (κ1) is 17.6. The maximum absolute atomic E-state index is 4.51. The predicted molar refractivity (Wildman–Crippen MR) is 119 cm³/mol. The third-order valence-corrected chi connectivity index (χ3v) is 7.30. The maximum atomic E-state index is 4.51. The van der Waals surface area contributed by atoms with Crippen LogP contribution in [0.25, 0.3) is 10.9 Å². The molecule has 1 unspecified atom stereocenters. The van der Waals surface area contributed by atoms with E-state index in [0.29, 0.717) is 0 Å². The van der Waals surface area contributed by atoms with Gasteiger partial charge in [0.1, 0.15) is 5.04 Å². The van der Waals surface area contributed by atoms with E-state index in [1.807, 2.05) is 0 Å². The molecule has 2 aromatic carbocycles. The predicted octanol–water partition coefficient (Wildman–Crippen LogP) is 5.83. The number of fused-ring (bicyclic) bond motifs is 1. The van der Waals surface area contributed by atoms with Crippen molar-refractivity contribution in [1.82, 2.24) is 4.98 Å². The van der Waals surface area contributed by atoms with E-state index >= 15 is 0 Å². The summed E-state index contributed by atoms with van der Waals surface area (Å²) in [7, 11) is -0.432. The fourth-order valence-corrected chi connectivity index (χ4v) is 5.61. The van der Waals surface area contributed by atoms with Gasteiger partial charge in [0.2, 0.25) is 0 Å². The number of halogens is 1. The molecule has 0 amide bonds. The van der Waals surface area contributed by atoms with E-state index in [0.717, 1.165) is 34.5 Å². The molecule has 2 heterocycles. The summed E-state index contributed by atoms with van der Waals surface area (Å²) in [5.41, 5.74) is 7.18. The van der Waals surface area contributed by atoms with E-state index < -0.39 is 10.9 Å². The van der Waals surface area contributed by atoms with Crippen LogP contribution in [0.3, 0.4) is 0 Å². The quantitative estimate of drug-likeness (QED) is 0.464. The molecule has 4 rings (SSSR count). The molecule has 0 saturated heterocycles. The zero-order chi connectivity index (χ0) is 17.9. The van der Waals surface area contributed by atoms with E-state index in [9.17, 15) is 0 Å². The molecule has 26 heavy (non-hydrogen) atoms. The molecule has 1 aliphatic rings. The Hall–Kier alpha value is -1.85. The highest BCUT2D eigenvalue weighted by Gasteiger charge is 2.22. The minimum atomic E-state index is -0.432. The van der Waals surface area contributed by atoms with Crippen LogP contribution in [0.2, 0.25) is 0 Å². The highest BCUT2D eigenvalue weighted by Crippen LogP contribution is 2.37. The van der Waals surface area contributed by atoms with Crippen LogP contribution in [0.4, 0.5) is 0 Å². The normalized spacial score (nSPS) is 17.8. The van der Waals surface area contributed by atoms with Crippen LogP contribution >= 0.6 is 26.8 Å². The first-order valence-electron chi connectivity index (χ1n) is 8.98. The Morgan fingerprint density at radius 1 is 1.12 bits per heavy atom. The SMILES string of the molecule is CCc1c(C2=NN=C[SH]2CCCc2ccccc2)[nH]c2ccc(Br)cc12. The number of H-pyrrole nitrogens is 1. The Labute approximate surface area is 165 Å². The Kier molecular flexibility index (Phi) is 5.27. The van der Waals surface area contributed by atoms with Gasteiger partial charge in [0.15, 0.2) is 0 Å². The van der Waals surface area contributed by atoms with Crippen LogP contribution < -0.4 is 0 Å². The monoisotopic (exact) mass is 427 g/mol. The molecule has 0 spiro atoms. The summed E-state index contributed by atoms with van der Waals surface area (Å²) in [4.78, 5) is 3.61. The highest BCUT2D eigenvalue weighted by molar-refractivity contribution is 9.10. The molecule has 3 aromatic rings. The second-order valence-corrected chi connectivity index (χ2v) is 9.42. The van der Waals surface area contributed by atoms with Gasteiger partial charge in [-0.2, -0.15) is 16.0 Å². The van der Waals surface area contributed by atoms with E-state index in [1.165, 1.54) is 27.7 Å². The van der Waals surface area contributed by atoms with Crippen LogP contribution in [0.5, 0.6) is 0 Å². The van der Waals surface area contributed by atoms with Gasteiger partial charge in [0.25, 0.3) is 0 Å². The number of aromatic nitrogens is 1. The van der Waals surface area contributed by atoms with Crippen LogP contribution in [0, 0.1) is 0 Å². The van der Waals surface area contributed by atoms with Gasteiger partial charge in [-0.15, -0.1) is 5.10 Å². The minimum Gasteiger partial charge on any atom is -0.353 e. The van der Waals surface area contributed by atoms with Gasteiger partial charge in [0.05, 0.1) is 11.2 Å². The summed E-state index contributed by atoms with van der Waals surface area (Å²) in [6.45, 7) is 2.21. The average molecular weight is 428 g/mol. The Balaban J connectivity index is 1.54. The largest absolute Gasteiger partial charge is 0.353 e. The van der Waals surface area contributed by atoms with Gasteiger partial charge in [-0.05, 0) is 54.3 Å². The molecule has 134 valence electrons. The third-order valence-electron chi connectivity index (χ3n) is 4.77. The number of benzene rings is 2. The lowest BCUT2D eigenvalue weighted by Crippen LogP contribution is -2.06. The number of aryl methyl sites for hydroxylation is 2. The fourth-order valence-electron chi connectivity index (χ4n) is 3.49. The highest BCUT2D eigenvalue weighted by atomic mass is 79.9. The van der Waals surface area contributed by atoms with Crippen LogP contribution in [0.1, 0.15) is 30.2 Å². The molecule has 0 fully saturated rings. The van der Waals surface area contributed by atoms with Gasteiger partial charge < -0.3 is 4.98 Å². The van der Waals surface area contributed by atoms with E-state index in [4.69, 9.17) is 0 Å². The number of hydrogen-bond acceptors (Lipinski definition) is 2. The summed E-state index contributed by atoms with van der Waals surface area (Å²) in [5, 5.41) is 11.2. The van der Waals surface area contributed by atoms with Gasteiger partial charge >= 0.3 is 0 Å². The standard InChI is InChI=1S/C21H22BrN3S/c1-2-17-18-13-16(22)10-11-19(18)24-20(17)21-25-23-14-26(21)12-6-9-15-7-4-3-5-8-15/h3-5,7-8,10-11,13-14,24,26H,2,6,9,12H2,1H3. The Bertz CT molecular complexity index is 976. The van der Waals surface area contributed by atoms with Gasteiger partial charge in [0, 0.05) is 15.4 Å². The smallest absolute Gasteiger partial charge is 0.128 e. The van der Waals surface area contributed by atoms with Crippen LogP contribution in [-0.2, 0) is 12.8 Å². The maximum Gasteiger partial charge on any atom is 0.128 e. The summed E-state index contributed by atoms with van der Waals surface area (Å²) in [6.07, 6.45) is 3.26. The molecule has 1 aliphatic heterocycles. The first-order chi connectivity index (χ1) is 12.8. The van der Waals surface area contributed by atoms with Crippen molar-refractivity contribution < 1.29 is 0 Å². The first-order valence-corrected chi connectivity index (χ1v) is 11.4. The van der Waals surface area contributed by atoms with Crippen molar-refractivity contribution in [3.8, 4) is 0 Å². The zero-order valence-corrected chi connectivity index (χ0v) is 17.2. The Morgan fingerprint density at radius 3 is 2.77 bits per heavy atom. The number of rotatable bonds is 6. The van der Waals surface area contributed by atoms with Crippen molar-refractivity contribution in [2.24, 2.45) is 10.2 Å². The van der Waals surface area contributed by atoms with Crippen molar-refractivity contribution in [3.05, 3.63) is 69.8 Å². The summed E-state index contributed by atoms with van der Waals surface area (Å²) in [6, 6.07) is 17.1. The molecule has 3 nitrogen and oxygen atoms in total. The topological polar surface area (TPSA) is 40.5 Å². The third kappa shape index (κ3) is 3.51. The van der Waals surface area contributed by atoms with Gasteiger partial charge in [-0.25, -0.2) is 0 Å². The molecule has 0 bridgehead atoms. The summed E-state index contributed by atoms with van der Waals surface area (Å²) < 4.78 is 1.11. The van der Waals surface area contributed by atoms with Crippen molar-refractivity contribution in [1.29, 1.82) is 0 Å². The number of nitrogens with one attached hydrogen (secondary N) is 1. The molecule has 0 radical (unpaired) electrons. The molecule has 1 atom stereocenters. The van der Waals surface area contributed by atoms with Crippen molar-refractivity contribution in [2.75, 3.05) is 5.75 Å². The number of aromatic amines is 1. The van der Waals surface area contributed by atoms with Crippen molar-refractivity contribution in [3.63, 3.8) is 0 Å². The van der Waals surface area contributed by atoms with E-state index in [2.05, 4.69) is 92.1 Å². The molecule has 1 aromatic heterocycles. The van der Waals surface area contributed by atoms with Crippen LogP contribution in [-0.4, -0.2) is 21.3 Å². The van der Waals surface area contributed by atoms with E-state index in [1.54, 1.807) is 0 Å². The molecule has 0 saturated carbocycles. The number of hydrogen-bond donors (Lipinski definition) is 2. The lowest BCUT2D eigenvalue weighted by atomic mass is 10.1. The average Bonchev–Trinajstić information content (AvgIpc) is 3.26. The fraction of sp³-hybridized carbons (Fsp3) is 0.238. The second-order valence-electron chi connectivity index (χ2n) is 6.46. The minimum absolute atomic E-state index is 0.432. The van der Waals surface area contributed by atoms with Crippen molar-refractivity contribution in [2.45, 2.75) is 26.2 Å².